The first-order chi connectivity index (χ1) is 6.92. The zero-order chi connectivity index (χ0) is 11.5. The van der Waals surface area contributed by atoms with Gasteiger partial charge in [0.05, 0.1) is 6.04 Å². The molecule has 7 heteroatoms. The summed E-state index contributed by atoms with van der Waals surface area (Å²) in [5, 5.41) is 3.56. The van der Waals surface area contributed by atoms with Crippen LogP contribution in [0.15, 0.2) is 4.52 Å². The molecule has 0 aliphatic heterocycles. The van der Waals surface area contributed by atoms with Crippen LogP contribution in [-0.2, 0) is 15.6 Å². The minimum absolute atomic E-state index is 0.166. The van der Waals surface area contributed by atoms with Crippen molar-refractivity contribution in [1.82, 2.24) is 10.1 Å². The molecule has 0 aliphatic carbocycles. The predicted octanol–water partition coefficient (Wildman–Crippen LogP) is 0.414. The summed E-state index contributed by atoms with van der Waals surface area (Å²) in [5.41, 5.74) is 5.74. The van der Waals surface area contributed by atoms with Gasteiger partial charge in [0, 0.05) is 6.26 Å². The van der Waals surface area contributed by atoms with E-state index in [1.165, 1.54) is 0 Å². The predicted molar refractivity (Wildman–Crippen MR) is 54.7 cm³/mol. The summed E-state index contributed by atoms with van der Waals surface area (Å²) in [5.74, 6) is 0.254. The Morgan fingerprint density at radius 3 is 2.73 bits per heavy atom. The number of rotatable bonds is 5. The Bertz CT molecular complexity index is 413. The average Bonchev–Trinajstić information content (AvgIpc) is 2.50. The van der Waals surface area contributed by atoms with Gasteiger partial charge in [-0.15, -0.1) is 0 Å². The molecule has 1 atom stereocenters. The lowest BCUT2D eigenvalue weighted by Crippen LogP contribution is -2.10. The first-order valence-electron chi connectivity index (χ1n) is 4.68. The molecule has 0 spiro atoms. The Morgan fingerprint density at radius 2 is 2.20 bits per heavy atom. The van der Waals surface area contributed by atoms with E-state index in [4.69, 9.17) is 10.3 Å². The van der Waals surface area contributed by atoms with Crippen LogP contribution in [0.25, 0.3) is 0 Å². The van der Waals surface area contributed by atoms with Gasteiger partial charge in [-0.25, -0.2) is 8.42 Å². The summed E-state index contributed by atoms with van der Waals surface area (Å²) in [6, 6.07) is -0.309. The Kier molecular flexibility index (Phi) is 3.81. The molecule has 0 saturated carbocycles. The summed E-state index contributed by atoms with van der Waals surface area (Å²) < 4.78 is 26.8. The first kappa shape index (κ1) is 12.1. The van der Waals surface area contributed by atoms with Gasteiger partial charge >= 0.3 is 0 Å². The van der Waals surface area contributed by atoms with Crippen LogP contribution < -0.4 is 5.73 Å². The van der Waals surface area contributed by atoms with Gasteiger partial charge < -0.3 is 10.3 Å². The van der Waals surface area contributed by atoms with Gasteiger partial charge in [-0.1, -0.05) is 18.5 Å². The highest BCUT2D eigenvalue weighted by Crippen LogP contribution is 2.13. The molecule has 1 heterocycles. The molecule has 0 fully saturated rings. The second-order valence-electron chi connectivity index (χ2n) is 3.51. The molecule has 2 N–H and O–H groups in total. The van der Waals surface area contributed by atoms with E-state index in [9.17, 15) is 8.42 Å². The Balaban J connectivity index is 2.72. The molecule has 0 unspecified atom stereocenters. The van der Waals surface area contributed by atoms with E-state index in [1.807, 2.05) is 6.92 Å². The van der Waals surface area contributed by atoms with Crippen LogP contribution in [0.5, 0.6) is 0 Å². The van der Waals surface area contributed by atoms with Crippen molar-refractivity contribution in [3.8, 4) is 0 Å². The lowest BCUT2D eigenvalue weighted by atomic mass is 10.2. The molecule has 1 rings (SSSR count). The smallest absolute Gasteiger partial charge is 0.243 e. The third-order valence-corrected chi connectivity index (χ3v) is 2.57. The molecule has 0 aliphatic rings. The summed E-state index contributed by atoms with van der Waals surface area (Å²) in [6.07, 6.45) is 2.76. The fourth-order valence-electron chi connectivity index (χ4n) is 1.15. The number of hydrogen-bond donors (Lipinski definition) is 1. The quantitative estimate of drug-likeness (QED) is 0.791. The van der Waals surface area contributed by atoms with Gasteiger partial charge in [0.15, 0.2) is 15.7 Å². The normalized spacial score (nSPS) is 14.1. The summed E-state index contributed by atoms with van der Waals surface area (Å²) in [6.45, 7) is 1.99. The zero-order valence-electron chi connectivity index (χ0n) is 8.80. The number of nitrogens with two attached hydrogens (primary N) is 1. The molecule has 0 amide bonds. The van der Waals surface area contributed by atoms with Crippen molar-refractivity contribution in [2.45, 2.75) is 31.6 Å². The minimum atomic E-state index is -3.13. The van der Waals surface area contributed by atoms with Gasteiger partial charge in [-0.05, 0) is 6.42 Å². The summed E-state index contributed by atoms with van der Waals surface area (Å²) >= 11 is 0. The van der Waals surface area contributed by atoms with E-state index < -0.39 is 9.84 Å². The number of aromatic nitrogens is 2. The molecule has 15 heavy (non-hydrogen) atoms. The molecular formula is C8H15N3O3S. The number of sulfone groups is 1. The van der Waals surface area contributed by atoms with E-state index in [1.54, 1.807) is 0 Å². The highest BCUT2D eigenvalue weighted by molar-refractivity contribution is 7.89. The van der Waals surface area contributed by atoms with Crippen LogP contribution in [0, 0.1) is 0 Å². The number of hydrogen-bond acceptors (Lipinski definition) is 6. The molecule has 1 aromatic rings. The van der Waals surface area contributed by atoms with E-state index >= 15 is 0 Å². The monoisotopic (exact) mass is 233 g/mol. The SMILES string of the molecule is CCC[C@H](N)c1nc(CS(C)(=O)=O)no1. The van der Waals surface area contributed by atoms with Crippen LogP contribution in [-0.4, -0.2) is 24.8 Å². The average molecular weight is 233 g/mol. The molecule has 86 valence electrons. The molecule has 0 bridgehead atoms. The molecular weight excluding hydrogens is 218 g/mol. The molecule has 1 aromatic heterocycles. The van der Waals surface area contributed by atoms with Crippen molar-refractivity contribution >= 4 is 9.84 Å². The molecule has 0 aromatic carbocycles. The maximum Gasteiger partial charge on any atom is 0.243 e. The van der Waals surface area contributed by atoms with Crippen LogP contribution in [0.2, 0.25) is 0 Å². The maximum absolute atomic E-state index is 11.0. The standard InChI is InChI=1S/C8H15N3O3S/c1-3-4-6(9)8-10-7(11-14-8)5-15(2,12)13/h6H,3-5,9H2,1-2H3/t6-/m0/s1. The van der Waals surface area contributed by atoms with E-state index in [-0.39, 0.29) is 17.6 Å². The third kappa shape index (κ3) is 3.96. The summed E-state index contributed by atoms with van der Waals surface area (Å²) in [4.78, 5) is 3.93. The van der Waals surface area contributed by atoms with Crippen molar-refractivity contribution in [3.05, 3.63) is 11.7 Å². The van der Waals surface area contributed by atoms with Crippen molar-refractivity contribution in [3.63, 3.8) is 0 Å². The molecule has 0 radical (unpaired) electrons. The topological polar surface area (TPSA) is 99.1 Å². The van der Waals surface area contributed by atoms with Crippen LogP contribution in [0.1, 0.15) is 37.5 Å². The Labute approximate surface area is 88.8 Å². The number of nitrogens with zero attached hydrogens (tertiary/aromatic N) is 2. The minimum Gasteiger partial charge on any atom is -0.338 e. The van der Waals surface area contributed by atoms with Crippen molar-refractivity contribution in [1.29, 1.82) is 0 Å². The molecule has 0 saturated heterocycles. The Morgan fingerprint density at radius 1 is 1.53 bits per heavy atom. The van der Waals surface area contributed by atoms with E-state index in [0.29, 0.717) is 5.89 Å². The van der Waals surface area contributed by atoms with Crippen molar-refractivity contribution in [2.24, 2.45) is 5.73 Å². The van der Waals surface area contributed by atoms with Crippen molar-refractivity contribution < 1.29 is 12.9 Å². The van der Waals surface area contributed by atoms with Crippen molar-refractivity contribution in [2.75, 3.05) is 6.26 Å². The van der Waals surface area contributed by atoms with Crippen LogP contribution in [0.3, 0.4) is 0 Å². The lowest BCUT2D eigenvalue weighted by molar-refractivity contribution is 0.345. The fourth-order valence-corrected chi connectivity index (χ4v) is 1.73. The third-order valence-electron chi connectivity index (χ3n) is 1.79. The second-order valence-corrected chi connectivity index (χ2v) is 5.65. The lowest BCUT2D eigenvalue weighted by Gasteiger charge is -2.01. The van der Waals surface area contributed by atoms with Gasteiger partial charge in [0.1, 0.15) is 5.75 Å². The van der Waals surface area contributed by atoms with E-state index in [2.05, 4.69) is 10.1 Å². The second kappa shape index (κ2) is 4.71. The fraction of sp³-hybridized carbons (Fsp3) is 0.750. The highest BCUT2D eigenvalue weighted by Gasteiger charge is 2.16. The van der Waals surface area contributed by atoms with Crippen LogP contribution in [0.4, 0.5) is 0 Å². The zero-order valence-corrected chi connectivity index (χ0v) is 9.62. The van der Waals surface area contributed by atoms with Gasteiger partial charge in [0.25, 0.3) is 0 Å². The van der Waals surface area contributed by atoms with Gasteiger partial charge in [0.2, 0.25) is 5.89 Å². The van der Waals surface area contributed by atoms with Gasteiger partial charge in [-0.3, -0.25) is 0 Å². The Hall–Kier alpha value is -0.950. The molecule has 6 nitrogen and oxygen atoms in total. The maximum atomic E-state index is 11.0. The largest absolute Gasteiger partial charge is 0.338 e. The summed E-state index contributed by atoms with van der Waals surface area (Å²) in [7, 11) is -3.13. The highest BCUT2D eigenvalue weighted by atomic mass is 32.2. The first-order valence-corrected chi connectivity index (χ1v) is 6.74. The van der Waals surface area contributed by atoms with Gasteiger partial charge in [-0.2, -0.15) is 4.98 Å². The van der Waals surface area contributed by atoms with Crippen LogP contribution >= 0.6 is 0 Å². The van der Waals surface area contributed by atoms with E-state index in [0.717, 1.165) is 19.1 Å².